The summed E-state index contributed by atoms with van der Waals surface area (Å²) in [6.07, 6.45) is 6.76. The van der Waals surface area contributed by atoms with E-state index in [2.05, 4.69) is 4.98 Å². The Morgan fingerprint density at radius 1 is 1.28 bits per heavy atom. The Balaban J connectivity index is 1.51. The van der Waals surface area contributed by atoms with Gasteiger partial charge >= 0.3 is 0 Å². The summed E-state index contributed by atoms with van der Waals surface area (Å²) in [5.74, 6) is 0.471. The number of nitrogens with zero attached hydrogens (tertiary/aromatic N) is 2. The zero-order valence-corrected chi connectivity index (χ0v) is 15.1. The fourth-order valence-corrected chi connectivity index (χ4v) is 4.14. The number of hydrogen-bond acceptors (Lipinski definition) is 3. The second-order valence-corrected chi connectivity index (χ2v) is 7.25. The summed E-state index contributed by atoms with van der Waals surface area (Å²) in [6, 6.07) is 3.96. The number of hydrogen-bond donors (Lipinski definition) is 1. The van der Waals surface area contributed by atoms with Crippen molar-refractivity contribution in [1.29, 1.82) is 0 Å². The summed E-state index contributed by atoms with van der Waals surface area (Å²) in [5, 5.41) is 0. The predicted octanol–water partition coefficient (Wildman–Crippen LogP) is 1.82. The van der Waals surface area contributed by atoms with Crippen molar-refractivity contribution in [1.82, 2.24) is 14.8 Å². The number of piperidine rings is 2. The Bertz CT molecular complexity index is 577. The first-order valence-corrected chi connectivity index (χ1v) is 9.33. The van der Waals surface area contributed by atoms with Gasteiger partial charge in [0.05, 0.1) is 12.0 Å². The summed E-state index contributed by atoms with van der Waals surface area (Å²) in [7, 11) is 1.67. The second-order valence-electron chi connectivity index (χ2n) is 7.25. The minimum atomic E-state index is -0.248. The average Bonchev–Trinajstić information content (AvgIpc) is 3.15. The number of amides is 2. The van der Waals surface area contributed by atoms with Crippen molar-refractivity contribution < 1.29 is 14.3 Å². The number of aryl methyl sites for hydroxylation is 1. The third-order valence-corrected chi connectivity index (χ3v) is 5.73. The number of carbonyl (C=O) groups is 2. The van der Waals surface area contributed by atoms with Gasteiger partial charge in [0, 0.05) is 51.6 Å². The first-order valence-electron chi connectivity index (χ1n) is 9.33. The summed E-state index contributed by atoms with van der Waals surface area (Å²) < 4.78 is 5.13. The maximum atomic E-state index is 12.9. The number of rotatable bonds is 6. The molecule has 0 bridgehead atoms. The molecule has 0 atom stereocenters. The number of methoxy groups -OCH3 is 1. The molecule has 1 N–H and O–H groups in total. The number of likely N-dealkylation sites (tertiary alicyclic amines) is 2. The highest BCUT2D eigenvalue weighted by molar-refractivity contribution is 5.84. The van der Waals surface area contributed by atoms with Gasteiger partial charge in [0.25, 0.3) is 0 Å². The van der Waals surface area contributed by atoms with Crippen LogP contribution in [-0.2, 0) is 20.7 Å². The van der Waals surface area contributed by atoms with Crippen LogP contribution in [0.5, 0.6) is 0 Å². The molecule has 0 radical (unpaired) electrons. The van der Waals surface area contributed by atoms with E-state index >= 15 is 0 Å². The molecule has 1 aromatic rings. The molecular weight excluding hydrogens is 318 g/mol. The molecule has 2 amide bonds. The van der Waals surface area contributed by atoms with E-state index in [4.69, 9.17) is 4.74 Å². The van der Waals surface area contributed by atoms with E-state index in [9.17, 15) is 9.59 Å². The van der Waals surface area contributed by atoms with Gasteiger partial charge in [-0.05, 0) is 44.2 Å². The molecule has 25 heavy (non-hydrogen) atoms. The van der Waals surface area contributed by atoms with Crippen LogP contribution in [-0.4, -0.2) is 66.5 Å². The molecule has 2 fully saturated rings. The van der Waals surface area contributed by atoms with Crippen molar-refractivity contribution in [3.05, 3.63) is 24.0 Å². The van der Waals surface area contributed by atoms with Gasteiger partial charge in [0.15, 0.2) is 0 Å². The molecule has 0 saturated carbocycles. The molecule has 138 valence electrons. The highest BCUT2D eigenvalue weighted by Crippen LogP contribution is 2.41. The van der Waals surface area contributed by atoms with Gasteiger partial charge in [-0.2, -0.15) is 0 Å². The van der Waals surface area contributed by atoms with Gasteiger partial charge in [0.1, 0.15) is 0 Å². The Morgan fingerprint density at radius 3 is 2.76 bits per heavy atom. The topological polar surface area (TPSA) is 65.6 Å². The quantitative estimate of drug-likeness (QED) is 0.854. The number of carbonyl (C=O) groups excluding carboxylic acids is 2. The minimum Gasteiger partial charge on any atom is -0.383 e. The van der Waals surface area contributed by atoms with Gasteiger partial charge in [-0.25, -0.2) is 0 Å². The van der Waals surface area contributed by atoms with Gasteiger partial charge in [-0.1, -0.05) is 0 Å². The van der Waals surface area contributed by atoms with Crippen LogP contribution in [0.4, 0.5) is 0 Å². The fourth-order valence-electron chi connectivity index (χ4n) is 4.14. The van der Waals surface area contributed by atoms with Crippen LogP contribution in [0.15, 0.2) is 18.3 Å². The van der Waals surface area contributed by atoms with E-state index < -0.39 is 0 Å². The Labute approximate surface area is 149 Å². The third kappa shape index (κ3) is 4.06. The van der Waals surface area contributed by atoms with Gasteiger partial charge in [0.2, 0.25) is 11.8 Å². The van der Waals surface area contributed by atoms with E-state index in [-0.39, 0.29) is 17.2 Å². The van der Waals surface area contributed by atoms with Crippen LogP contribution < -0.4 is 0 Å². The lowest BCUT2D eigenvalue weighted by atomic mass is 9.71. The zero-order chi connectivity index (χ0) is 17.7. The van der Waals surface area contributed by atoms with Crippen LogP contribution in [0.3, 0.4) is 0 Å². The monoisotopic (exact) mass is 347 g/mol. The molecule has 2 aliphatic heterocycles. The lowest BCUT2D eigenvalue weighted by Crippen LogP contribution is -2.54. The lowest BCUT2D eigenvalue weighted by Gasteiger charge is -2.46. The minimum absolute atomic E-state index is 0.198. The van der Waals surface area contributed by atoms with E-state index in [0.717, 1.165) is 44.3 Å². The van der Waals surface area contributed by atoms with Crippen molar-refractivity contribution in [3.63, 3.8) is 0 Å². The molecule has 2 saturated heterocycles. The normalized spacial score (nSPS) is 20.3. The molecule has 1 spiro atoms. The fraction of sp³-hybridized carbons (Fsp3) is 0.684. The predicted molar refractivity (Wildman–Crippen MR) is 95.1 cm³/mol. The Morgan fingerprint density at radius 2 is 2.08 bits per heavy atom. The van der Waals surface area contributed by atoms with Crippen LogP contribution in [0.1, 0.15) is 37.8 Å². The summed E-state index contributed by atoms with van der Waals surface area (Å²) in [6.45, 7) is 3.50. The highest BCUT2D eigenvalue weighted by atomic mass is 16.5. The van der Waals surface area contributed by atoms with Crippen LogP contribution in [0, 0.1) is 5.41 Å². The molecule has 3 heterocycles. The van der Waals surface area contributed by atoms with Crippen molar-refractivity contribution in [3.8, 4) is 0 Å². The summed E-state index contributed by atoms with van der Waals surface area (Å²) >= 11 is 0. The SMILES string of the molecule is COCCN1CCCC2(CCN(C(=O)CCc3ccc[nH]3)CC2)C1=O. The third-order valence-electron chi connectivity index (χ3n) is 5.73. The first-order chi connectivity index (χ1) is 12.1. The molecule has 6 heteroatoms. The molecule has 0 unspecified atom stereocenters. The van der Waals surface area contributed by atoms with E-state index in [1.807, 2.05) is 28.1 Å². The van der Waals surface area contributed by atoms with Crippen LogP contribution >= 0.6 is 0 Å². The van der Waals surface area contributed by atoms with Crippen molar-refractivity contribution in [2.75, 3.05) is 39.9 Å². The lowest BCUT2D eigenvalue weighted by molar-refractivity contribution is -0.153. The molecular formula is C19H29N3O3. The van der Waals surface area contributed by atoms with Crippen molar-refractivity contribution >= 4 is 11.8 Å². The number of aromatic nitrogens is 1. The standard InChI is InChI=1S/C19H29N3O3/c1-25-15-14-22-11-3-7-19(18(22)24)8-12-21(13-9-19)17(23)6-5-16-4-2-10-20-16/h2,4,10,20H,3,5-9,11-15H2,1H3. The Kier molecular flexibility index (Phi) is 5.78. The molecule has 0 aromatic carbocycles. The number of nitrogens with one attached hydrogen (secondary N) is 1. The number of H-pyrrole nitrogens is 1. The van der Waals surface area contributed by atoms with E-state index in [1.165, 1.54) is 0 Å². The van der Waals surface area contributed by atoms with Crippen molar-refractivity contribution in [2.24, 2.45) is 5.41 Å². The molecule has 1 aromatic heterocycles. The highest BCUT2D eigenvalue weighted by Gasteiger charge is 2.45. The molecule has 6 nitrogen and oxygen atoms in total. The van der Waals surface area contributed by atoms with Gasteiger partial charge < -0.3 is 19.5 Å². The first kappa shape index (κ1) is 18.0. The summed E-state index contributed by atoms with van der Waals surface area (Å²) in [4.78, 5) is 32.4. The molecule has 2 aliphatic rings. The van der Waals surface area contributed by atoms with E-state index in [0.29, 0.717) is 32.7 Å². The van der Waals surface area contributed by atoms with Crippen LogP contribution in [0.2, 0.25) is 0 Å². The smallest absolute Gasteiger partial charge is 0.229 e. The van der Waals surface area contributed by atoms with E-state index in [1.54, 1.807) is 7.11 Å². The molecule has 0 aliphatic carbocycles. The van der Waals surface area contributed by atoms with Crippen molar-refractivity contribution in [2.45, 2.75) is 38.5 Å². The zero-order valence-electron chi connectivity index (χ0n) is 15.1. The maximum absolute atomic E-state index is 12.9. The Hall–Kier alpha value is -1.82. The molecule has 3 rings (SSSR count). The maximum Gasteiger partial charge on any atom is 0.229 e. The number of aromatic amines is 1. The second kappa shape index (κ2) is 8.04. The van der Waals surface area contributed by atoms with Crippen LogP contribution in [0.25, 0.3) is 0 Å². The van der Waals surface area contributed by atoms with Gasteiger partial charge in [-0.15, -0.1) is 0 Å². The van der Waals surface area contributed by atoms with Gasteiger partial charge in [-0.3, -0.25) is 9.59 Å². The summed E-state index contributed by atoms with van der Waals surface area (Å²) in [5.41, 5.74) is 0.848. The average molecular weight is 347 g/mol. The largest absolute Gasteiger partial charge is 0.383 e. The number of ether oxygens (including phenoxy) is 1.